The van der Waals surface area contributed by atoms with Crippen LogP contribution in [-0.4, -0.2) is 22.7 Å². The van der Waals surface area contributed by atoms with E-state index in [9.17, 15) is 31.4 Å². The van der Waals surface area contributed by atoms with E-state index in [-0.39, 0.29) is 10.9 Å². The maximum absolute atomic E-state index is 13.2. The van der Waals surface area contributed by atoms with E-state index in [0.717, 1.165) is 6.07 Å². The first-order valence-electron chi connectivity index (χ1n) is 7.75. The smallest absolute Gasteiger partial charge is 0.386 e. The van der Waals surface area contributed by atoms with Gasteiger partial charge in [0.1, 0.15) is 5.69 Å². The molecule has 140 valence electrons. The van der Waals surface area contributed by atoms with Crippen LogP contribution >= 0.6 is 0 Å². The fraction of sp³-hybridized carbons (Fsp3) is 0.353. The van der Waals surface area contributed by atoms with Gasteiger partial charge in [0, 0.05) is 5.39 Å². The van der Waals surface area contributed by atoms with Gasteiger partial charge in [0.15, 0.2) is 0 Å². The second kappa shape index (κ2) is 6.55. The molecule has 0 spiro atoms. The van der Waals surface area contributed by atoms with Crippen LogP contribution in [0.1, 0.15) is 29.3 Å². The molecule has 0 saturated heterocycles. The highest BCUT2D eigenvalue weighted by Gasteiger charge is 2.38. The Labute approximate surface area is 144 Å². The van der Waals surface area contributed by atoms with E-state index < -0.39 is 41.3 Å². The number of pyridine rings is 1. The fourth-order valence-corrected chi connectivity index (χ4v) is 2.95. The fourth-order valence-electron chi connectivity index (χ4n) is 2.95. The van der Waals surface area contributed by atoms with Crippen LogP contribution in [0.5, 0.6) is 0 Å². The number of benzene rings is 1. The lowest BCUT2D eigenvalue weighted by Gasteiger charge is -2.26. The zero-order valence-electron chi connectivity index (χ0n) is 13.2. The first-order valence-corrected chi connectivity index (χ1v) is 7.75. The molecule has 0 unspecified atom stereocenters. The summed E-state index contributed by atoms with van der Waals surface area (Å²) in [6.07, 6.45) is -7.26. The molecule has 0 fully saturated rings. The first-order chi connectivity index (χ1) is 12.1. The van der Waals surface area contributed by atoms with E-state index in [0.29, 0.717) is 25.1 Å². The van der Waals surface area contributed by atoms with E-state index in [2.05, 4.69) is 10.3 Å². The van der Waals surface area contributed by atoms with Gasteiger partial charge >= 0.3 is 12.4 Å². The second-order valence-corrected chi connectivity index (χ2v) is 5.94. The quantitative estimate of drug-likeness (QED) is 0.609. The normalized spacial score (nSPS) is 19.7. The number of aliphatic hydroxyl groups excluding tert-OH is 1. The van der Waals surface area contributed by atoms with E-state index in [1.54, 1.807) is 12.2 Å². The van der Waals surface area contributed by atoms with Gasteiger partial charge in [0.25, 0.3) is 0 Å². The number of fused-ring (bicyclic) bond motifs is 1. The zero-order chi connectivity index (χ0) is 19.1. The van der Waals surface area contributed by atoms with Crippen LogP contribution in [-0.2, 0) is 12.4 Å². The van der Waals surface area contributed by atoms with E-state index in [1.807, 2.05) is 0 Å². The minimum absolute atomic E-state index is 0.166. The molecule has 2 aromatic rings. The molecule has 3 nitrogen and oxygen atoms in total. The molecule has 0 amide bonds. The topological polar surface area (TPSA) is 45.2 Å². The van der Waals surface area contributed by atoms with Crippen LogP contribution in [0.3, 0.4) is 0 Å². The summed E-state index contributed by atoms with van der Waals surface area (Å²) in [6.45, 7) is 0.501. The molecule has 2 heterocycles. The molecule has 2 N–H and O–H groups in total. The van der Waals surface area contributed by atoms with Crippen LogP contribution in [0.25, 0.3) is 10.9 Å². The van der Waals surface area contributed by atoms with Crippen molar-refractivity contribution in [3.05, 3.63) is 53.2 Å². The summed E-state index contributed by atoms with van der Waals surface area (Å²) in [5.41, 5.74) is -3.83. The first kappa shape index (κ1) is 18.7. The Balaban J connectivity index is 2.27. The largest absolute Gasteiger partial charge is 0.433 e. The minimum Gasteiger partial charge on any atom is -0.386 e. The van der Waals surface area contributed by atoms with Gasteiger partial charge in [0.05, 0.1) is 23.2 Å². The molecule has 1 aromatic carbocycles. The Kier molecular flexibility index (Phi) is 4.70. The van der Waals surface area contributed by atoms with Crippen molar-refractivity contribution in [3.8, 4) is 0 Å². The van der Waals surface area contributed by atoms with Crippen LogP contribution in [0.4, 0.5) is 26.3 Å². The monoisotopic (exact) mass is 376 g/mol. The van der Waals surface area contributed by atoms with E-state index >= 15 is 0 Å². The number of alkyl halides is 6. The predicted molar refractivity (Wildman–Crippen MR) is 82.3 cm³/mol. The average molecular weight is 376 g/mol. The Hall–Kier alpha value is -2.13. The Morgan fingerprint density at radius 2 is 1.85 bits per heavy atom. The molecular weight excluding hydrogens is 362 g/mol. The predicted octanol–water partition coefficient (Wildman–Crippen LogP) is 4.22. The maximum atomic E-state index is 13.2. The highest BCUT2D eigenvalue weighted by Crippen LogP contribution is 2.39. The van der Waals surface area contributed by atoms with Gasteiger partial charge in [0.2, 0.25) is 0 Å². The highest BCUT2D eigenvalue weighted by molar-refractivity contribution is 5.86. The molecule has 9 heteroatoms. The van der Waals surface area contributed by atoms with Crippen molar-refractivity contribution in [2.45, 2.75) is 30.9 Å². The number of halogens is 6. The van der Waals surface area contributed by atoms with E-state index in [4.69, 9.17) is 0 Å². The van der Waals surface area contributed by atoms with Crippen LogP contribution in [0, 0.1) is 0 Å². The molecule has 3 rings (SSSR count). The summed E-state index contributed by atoms with van der Waals surface area (Å²) in [6, 6.07) is 2.88. The van der Waals surface area contributed by atoms with Gasteiger partial charge in [-0.25, -0.2) is 4.98 Å². The van der Waals surface area contributed by atoms with Crippen molar-refractivity contribution in [3.63, 3.8) is 0 Å². The third kappa shape index (κ3) is 3.54. The zero-order valence-corrected chi connectivity index (χ0v) is 13.2. The van der Waals surface area contributed by atoms with Gasteiger partial charge in [-0.2, -0.15) is 26.3 Å². The number of aliphatic hydroxyl groups is 1. The number of hydrogen-bond donors (Lipinski definition) is 2. The van der Waals surface area contributed by atoms with Crippen LogP contribution in [0.15, 0.2) is 36.4 Å². The van der Waals surface area contributed by atoms with E-state index in [1.165, 1.54) is 6.07 Å². The summed E-state index contributed by atoms with van der Waals surface area (Å²) >= 11 is 0. The lowest BCUT2D eigenvalue weighted by atomic mass is 9.94. The SMILES string of the molecule is O[C@H](c1cc(C(F)(F)F)nc2c(C(F)(F)F)cccc12)[C@H]1C=CCCN1. The lowest BCUT2D eigenvalue weighted by molar-refractivity contribution is -0.142. The van der Waals surface area contributed by atoms with Crippen molar-refractivity contribution in [2.24, 2.45) is 0 Å². The number of nitrogens with zero attached hydrogens (tertiary/aromatic N) is 1. The summed E-state index contributed by atoms with van der Waals surface area (Å²) < 4.78 is 79.2. The molecule has 26 heavy (non-hydrogen) atoms. The van der Waals surface area contributed by atoms with Crippen molar-refractivity contribution >= 4 is 10.9 Å². The van der Waals surface area contributed by atoms with Crippen molar-refractivity contribution < 1.29 is 31.4 Å². The molecule has 0 radical (unpaired) electrons. The van der Waals surface area contributed by atoms with Gasteiger partial charge in [-0.05, 0) is 30.7 Å². The van der Waals surface area contributed by atoms with Crippen molar-refractivity contribution in [2.75, 3.05) is 6.54 Å². The Bertz CT molecular complexity index is 843. The summed E-state index contributed by atoms with van der Waals surface area (Å²) in [5.74, 6) is 0. The molecule has 1 aliphatic heterocycles. The summed E-state index contributed by atoms with van der Waals surface area (Å²) in [4.78, 5) is 3.21. The van der Waals surface area contributed by atoms with Crippen LogP contribution < -0.4 is 5.32 Å². The number of hydrogen-bond acceptors (Lipinski definition) is 3. The van der Waals surface area contributed by atoms with Gasteiger partial charge < -0.3 is 10.4 Å². The van der Waals surface area contributed by atoms with Crippen molar-refractivity contribution in [1.29, 1.82) is 0 Å². The third-order valence-electron chi connectivity index (χ3n) is 4.16. The number of para-hydroxylation sites is 1. The molecule has 2 atom stereocenters. The second-order valence-electron chi connectivity index (χ2n) is 5.94. The number of nitrogens with one attached hydrogen (secondary N) is 1. The molecule has 0 aliphatic carbocycles. The number of rotatable bonds is 2. The Morgan fingerprint density at radius 1 is 1.12 bits per heavy atom. The van der Waals surface area contributed by atoms with Crippen LogP contribution in [0.2, 0.25) is 0 Å². The average Bonchev–Trinajstić information content (AvgIpc) is 2.58. The standard InChI is InChI=1S/C17H14F6N2O/c18-16(19,20)11-5-3-4-9-10(15(26)12-6-1-2-7-24-12)8-13(17(21,22)23)25-14(9)11/h1,3-6,8,12,15,24,26H,2,7H2/t12-,15-/m1/s1. The van der Waals surface area contributed by atoms with Gasteiger partial charge in [-0.15, -0.1) is 0 Å². The third-order valence-corrected chi connectivity index (χ3v) is 4.16. The Morgan fingerprint density at radius 3 is 2.42 bits per heavy atom. The molecule has 1 aromatic heterocycles. The minimum atomic E-state index is -4.95. The van der Waals surface area contributed by atoms with Gasteiger partial charge in [-0.1, -0.05) is 24.3 Å². The highest BCUT2D eigenvalue weighted by atomic mass is 19.4. The maximum Gasteiger partial charge on any atom is 0.433 e. The van der Waals surface area contributed by atoms with Gasteiger partial charge in [-0.3, -0.25) is 0 Å². The molecular formula is C17H14F6N2O. The summed E-state index contributed by atoms with van der Waals surface area (Å²) in [7, 11) is 0. The molecule has 0 saturated carbocycles. The lowest BCUT2D eigenvalue weighted by Crippen LogP contribution is -2.36. The number of aromatic nitrogens is 1. The molecule has 0 bridgehead atoms. The summed E-state index contributed by atoms with van der Waals surface area (Å²) in [5, 5.41) is 13.3. The molecule has 1 aliphatic rings. The van der Waals surface area contributed by atoms with Crippen molar-refractivity contribution in [1.82, 2.24) is 10.3 Å².